The molecular formula is C10H17N3O. The van der Waals surface area contributed by atoms with E-state index < -0.39 is 0 Å². The molecule has 0 fully saturated rings. The number of hydrogen-bond acceptors (Lipinski definition) is 2. The van der Waals surface area contributed by atoms with Gasteiger partial charge in [0.05, 0.1) is 6.20 Å². The largest absolute Gasteiger partial charge is 0.352 e. The first-order valence-electron chi connectivity index (χ1n) is 4.77. The fourth-order valence-electron chi connectivity index (χ4n) is 1.10. The van der Waals surface area contributed by atoms with E-state index in [1.807, 2.05) is 27.8 Å². The maximum Gasteiger partial charge on any atom is 0.222 e. The highest BCUT2D eigenvalue weighted by Crippen LogP contribution is 2.05. The summed E-state index contributed by atoms with van der Waals surface area (Å²) in [5.74, 6) is 0.111. The van der Waals surface area contributed by atoms with Crippen molar-refractivity contribution in [1.82, 2.24) is 15.1 Å². The Kier molecular flexibility index (Phi) is 3.28. The second-order valence-electron chi connectivity index (χ2n) is 3.75. The van der Waals surface area contributed by atoms with Crippen molar-refractivity contribution in [2.45, 2.75) is 27.3 Å². The Labute approximate surface area is 84.3 Å². The van der Waals surface area contributed by atoms with Crippen LogP contribution in [0, 0.1) is 12.8 Å². The number of hydrogen-bond donors (Lipinski definition) is 1. The van der Waals surface area contributed by atoms with Crippen LogP contribution in [-0.2, 0) is 18.4 Å². The Morgan fingerprint density at radius 2 is 2.29 bits per heavy atom. The van der Waals surface area contributed by atoms with E-state index in [0.717, 1.165) is 11.3 Å². The lowest BCUT2D eigenvalue weighted by molar-refractivity contribution is -0.124. The molecule has 1 heterocycles. The topological polar surface area (TPSA) is 46.9 Å². The number of aryl methyl sites for hydroxylation is 1. The first-order chi connectivity index (χ1) is 6.52. The van der Waals surface area contributed by atoms with E-state index in [1.54, 1.807) is 10.9 Å². The fourth-order valence-corrected chi connectivity index (χ4v) is 1.10. The molecule has 4 heteroatoms. The van der Waals surface area contributed by atoms with Gasteiger partial charge in [-0.2, -0.15) is 5.10 Å². The van der Waals surface area contributed by atoms with Crippen molar-refractivity contribution in [2.24, 2.45) is 13.0 Å². The van der Waals surface area contributed by atoms with Gasteiger partial charge in [0.1, 0.15) is 0 Å². The van der Waals surface area contributed by atoms with Crippen molar-refractivity contribution in [2.75, 3.05) is 0 Å². The summed E-state index contributed by atoms with van der Waals surface area (Å²) in [4.78, 5) is 11.3. The van der Waals surface area contributed by atoms with E-state index in [9.17, 15) is 4.79 Å². The van der Waals surface area contributed by atoms with Crippen LogP contribution in [0.15, 0.2) is 6.20 Å². The van der Waals surface area contributed by atoms with E-state index >= 15 is 0 Å². The van der Waals surface area contributed by atoms with Crippen molar-refractivity contribution in [3.05, 3.63) is 17.5 Å². The molecule has 0 aromatic carbocycles. The van der Waals surface area contributed by atoms with Crippen LogP contribution in [0.5, 0.6) is 0 Å². The molecule has 1 aromatic rings. The Morgan fingerprint density at radius 1 is 1.64 bits per heavy atom. The summed E-state index contributed by atoms with van der Waals surface area (Å²) in [5.41, 5.74) is 2.16. The highest BCUT2D eigenvalue weighted by molar-refractivity contribution is 5.77. The molecule has 4 nitrogen and oxygen atoms in total. The molecule has 0 aliphatic carbocycles. The molecule has 14 heavy (non-hydrogen) atoms. The minimum atomic E-state index is 0.0342. The minimum absolute atomic E-state index is 0.0342. The minimum Gasteiger partial charge on any atom is -0.352 e. The van der Waals surface area contributed by atoms with Gasteiger partial charge in [-0.3, -0.25) is 9.48 Å². The van der Waals surface area contributed by atoms with Crippen LogP contribution in [0.3, 0.4) is 0 Å². The molecule has 1 rings (SSSR count). The standard InChI is InChI=1S/C10H17N3O/c1-7(2)10(14)11-5-9-6-12-13(4)8(9)3/h6-7H,5H2,1-4H3,(H,11,14). The lowest BCUT2D eigenvalue weighted by atomic mass is 10.2. The van der Waals surface area contributed by atoms with Gasteiger partial charge in [-0.1, -0.05) is 13.8 Å². The Bertz CT molecular complexity index is 328. The number of nitrogens with one attached hydrogen (secondary N) is 1. The molecule has 1 aromatic heterocycles. The molecule has 0 saturated carbocycles. The van der Waals surface area contributed by atoms with Crippen LogP contribution in [0.25, 0.3) is 0 Å². The third kappa shape index (κ3) is 2.34. The van der Waals surface area contributed by atoms with Gasteiger partial charge in [-0.05, 0) is 6.92 Å². The summed E-state index contributed by atoms with van der Waals surface area (Å²) < 4.78 is 1.80. The fraction of sp³-hybridized carbons (Fsp3) is 0.600. The van der Waals surface area contributed by atoms with Gasteiger partial charge in [0, 0.05) is 30.8 Å². The van der Waals surface area contributed by atoms with E-state index in [0.29, 0.717) is 6.54 Å². The summed E-state index contributed by atoms with van der Waals surface area (Å²) in [7, 11) is 1.89. The number of amides is 1. The summed E-state index contributed by atoms with van der Waals surface area (Å²) in [6.45, 7) is 6.32. The number of carbonyl (C=O) groups excluding carboxylic acids is 1. The lowest BCUT2D eigenvalue weighted by Gasteiger charge is -2.06. The average Bonchev–Trinajstić information content (AvgIpc) is 2.44. The highest BCUT2D eigenvalue weighted by atomic mass is 16.1. The van der Waals surface area contributed by atoms with Crippen molar-refractivity contribution >= 4 is 5.91 Å². The highest BCUT2D eigenvalue weighted by Gasteiger charge is 2.08. The molecule has 0 aliphatic heterocycles. The maximum absolute atomic E-state index is 11.3. The molecule has 0 saturated heterocycles. The maximum atomic E-state index is 11.3. The molecule has 1 N–H and O–H groups in total. The molecule has 1 amide bonds. The number of nitrogens with zero attached hydrogens (tertiary/aromatic N) is 2. The predicted molar refractivity (Wildman–Crippen MR) is 54.6 cm³/mol. The molecule has 78 valence electrons. The molecule has 0 bridgehead atoms. The third-order valence-corrected chi connectivity index (χ3v) is 2.31. The monoisotopic (exact) mass is 195 g/mol. The molecule has 0 unspecified atom stereocenters. The summed E-state index contributed by atoms with van der Waals surface area (Å²) in [6.07, 6.45) is 1.79. The first-order valence-corrected chi connectivity index (χ1v) is 4.77. The predicted octanol–water partition coefficient (Wildman–Crippen LogP) is 1.00. The zero-order chi connectivity index (χ0) is 10.7. The van der Waals surface area contributed by atoms with Gasteiger partial charge in [0.25, 0.3) is 0 Å². The van der Waals surface area contributed by atoms with Gasteiger partial charge < -0.3 is 5.32 Å². The SMILES string of the molecule is Cc1c(CNC(=O)C(C)C)cnn1C. The zero-order valence-electron chi connectivity index (χ0n) is 9.16. The summed E-state index contributed by atoms with van der Waals surface area (Å²) >= 11 is 0. The number of aromatic nitrogens is 2. The smallest absolute Gasteiger partial charge is 0.222 e. The lowest BCUT2D eigenvalue weighted by Crippen LogP contribution is -2.27. The Hall–Kier alpha value is -1.32. The molecule has 0 aliphatic rings. The molecule has 0 radical (unpaired) electrons. The average molecular weight is 195 g/mol. The first kappa shape index (κ1) is 10.8. The van der Waals surface area contributed by atoms with Gasteiger partial charge in [-0.25, -0.2) is 0 Å². The van der Waals surface area contributed by atoms with Crippen LogP contribution < -0.4 is 5.32 Å². The van der Waals surface area contributed by atoms with Crippen LogP contribution >= 0.6 is 0 Å². The van der Waals surface area contributed by atoms with Crippen LogP contribution in [0.2, 0.25) is 0 Å². The van der Waals surface area contributed by atoms with Crippen molar-refractivity contribution in [1.29, 1.82) is 0 Å². The quantitative estimate of drug-likeness (QED) is 0.782. The van der Waals surface area contributed by atoms with Gasteiger partial charge in [0.2, 0.25) is 5.91 Å². The van der Waals surface area contributed by atoms with E-state index in [1.165, 1.54) is 0 Å². The second-order valence-corrected chi connectivity index (χ2v) is 3.75. The molecule has 0 atom stereocenters. The van der Waals surface area contributed by atoms with E-state index in [2.05, 4.69) is 10.4 Å². The van der Waals surface area contributed by atoms with E-state index in [-0.39, 0.29) is 11.8 Å². The summed E-state index contributed by atoms with van der Waals surface area (Å²) in [6, 6.07) is 0. The normalized spacial score (nSPS) is 10.6. The van der Waals surface area contributed by atoms with Gasteiger partial charge >= 0.3 is 0 Å². The van der Waals surface area contributed by atoms with Gasteiger partial charge in [-0.15, -0.1) is 0 Å². The molecular weight excluding hydrogens is 178 g/mol. The van der Waals surface area contributed by atoms with Crippen molar-refractivity contribution in [3.8, 4) is 0 Å². The van der Waals surface area contributed by atoms with Gasteiger partial charge in [0.15, 0.2) is 0 Å². The van der Waals surface area contributed by atoms with E-state index in [4.69, 9.17) is 0 Å². The third-order valence-electron chi connectivity index (χ3n) is 2.31. The Balaban J connectivity index is 2.54. The van der Waals surface area contributed by atoms with Crippen LogP contribution in [0.4, 0.5) is 0 Å². The number of carbonyl (C=O) groups is 1. The van der Waals surface area contributed by atoms with Crippen molar-refractivity contribution < 1.29 is 4.79 Å². The Morgan fingerprint density at radius 3 is 2.71 bits per heavy atom. The zero-order valence-corrected chi connectivity index (χ0v) is 9.16. The second kappa shape index (κ2) is 4.26. The van der Waals surface area contributed by atoms with Crippen molar-refractivity contribution in [3.63, 3.8) is 0 Å². The number of rotatable bonds is 3. The summed E-state index contributed by atoms with van der Waals surface area (Å²) in [5, 5.41) is 6.96. The molecule has 0 spiro atoms. The van der Waals surface area contributed by atoms with Crippen LogP contribution in [-0.4, -0.2) is 15.7 Å². The van der Waals surface area contributed by atoms with Crippen LogP contribution in [0.1, 0.15) is 25.1 Å².